The molecule has 1 N–H and O–H groups in total. The van der Waals surface area contributed by atoms with Gasteiger partial charge in [-0.25, -0.2) is 0 Å². The van der Waals surface area contributed by atoms with Crippen molar-refractivity contribution >= 4 is 0 Å². The van der Waals surface area contributed by atoms with Crippen LogP contribution in [0.2, 0.25) is 0 Å². The van der Waals surface area contributed by atoms with Crippen LogP contribution < -0.4 is 0 Å². The van der Waals surface area contributed by atoms with E-state index < -0.39 is 5.60 Å². The van der Waals surface area contributed by atoms with Crippen LogP contribution in [-0.2, 0) is 0 Å². The van der Waals surface area contributed by atoms with Gasteiger partial charge in [0.2, 0.25) is 0 Å². The second-order valence-electron chi connectivity index (χ2n) is 5.00. The van der Waals surface area contributed by atoms with E-state index in [4.69, 9.17) is 0 Å². The van der Waals surface area contributed by atoms with Gasteiger partial charge in [0.25, 0.3) is 0 Å². The van der Waals surface area contributed by atoms with Crippen molar-refractivity contribution in [3.63, 3.8) is 0 Å². The monoisotopic (exact) mass is 185 g/mol. The topological polar surface area (TPSA) is 23.5 Å². The summed E-state index contributed by atoms with van der Waals surface area (Å²) in [5.41, 5.74) is -0.551. The number of rotatable bonds is 2. The molecule has 0 bridgehead atoms. The molecule has 1 fully saturated rings. The molecule has 0 aromatic heterocycles. The van der Waals surface area contributed by atoms with E-state index in [0.717, 1.165) is 13.0 Å². The molecule has 1 aliphatic heterocycles. The zero-order chi connectivity index (χ0) is 10.1. The Bertz CT molecular complexity index is 160. The van der Waals surface area contributed by atoms with Gasteiger partial charge in [0, 0.05) is 12.1 Å². The van der Waals surface area contributed by atoms with E-state index in [-0.39, 0.29) is 0 Å². The highest BCUT2D eigenvalue weighted by Crippen LogP contribution is 2.27. The largest absolute Gasteiger partial charge is 0.389 e. The van der Waals surface area contributed by atoms with Crippen LogP contribution in [-0.4, -0.2) is 34.2 Å². The molecule has 1 atom stereocenters. The molecule has 0 aromatic rings. The highest BCUT2D eigenvalue weighted by Gasteiger charge is 2.34. The van der Waals surface area contributed by atoms with E-state index in [9.17, 15) is 5.11 Å². The van der Waals surface area contributed by atoms with E-state index in [1.54, 1.807) is 0 Å². The van der Waals surface area contributed by atoms with E-state index in [2.05, 4.69) is 18.7 Å². The van der Waals surface area contributed by atoms with Gasteiger partial charge in [-0.3, -0.25) is 4.90 Å². The minimum Gasteiger partial charge on any atom is -0.389 e. The van der Waals surface area contributed by atoms with Crippen LogP contribution in [0.4, 0.5) is 0 Å². The van der Waals surface area contributed by atoms with Crippen LogP contribution in [0.1, 0.15) is 47.0 Å². The summed E-state index contributed by atoms with van der Waals surface area (Å²) in [6, 6.07) is 0.901. The highest BCUT2D eigenvalue weighted by atomic mass is 16.3. The minimum atomic E-state index is -0.551. The third kappa shape index (κ3) is 2.68. The van der Waals surface area contributed by atoms with Crippen molar-refractivity contribution in [3.05, 3.63) is 0 Å². The van der Waals surface area contributed by atoms with Crippen LogP contribution >= 0.6 is 0 Å². The molecule has 0 spiro atoms. The third-order valence-electron chi connectivity index (χ3n) is 3.02. The second-order valence-corrected chi connectivity index (χ2v) is 5.00. The highest BCUT2D eigenvalue weighted by molar-refractivity contribution is 4.90. The Morgan fingerprint density at radius 1 is 1.31 bits per heavy atom. The average Bonchev–Trinajstić information content (AvgIpc) is 2.03. The smallest absolute Gasteiger partial charge is 0.0746 e. The predicted molar refractivity (Wildman–Crippen MR) is 55.8 cm³/mol. The first-order chi connectivity index (χ1) is 5.93. The van der Waals surface area contributed by atoms with E-state index in [0.29, 0.717) is 12.1 Å². The van der Waals surface area contributed by atoms with Crippen LogP contribution in [0.25, 0.3) is 0 Å². The van der Waals surface area contributed by atoms with Gasteiger partial charge in [-0.1, -0.05) is 6.42 Å². The maximum absolute atomic E-state index is 10.0. The van der Waals surface area contributed by atoms with Gasteiger partial charge in [-0.05, 0) is 47.1 Å². The lowest BCUT2D eigenvalue weighted by atomic mass is 9.88. The number of piperidine rings is 1. The van der Waals surface area contributed by atoms with Gasteiger partial charge in [0.15, 0.2) is 0 Å². The van der Waals surface area contributed by atoms with Crippen LogP contribution in [0.3, 0.4) is 0 Å². The molecule has 2 heteroatoms. The molecule has 1 heterocycles. The van der Waals surface area contributed by atoms with E-state index >= 15 is 0 Å². The van der Waals surface area contributed by atoms with Crippen molar-refractivity contribution < 1.29 is 5.11 Å². The fraction of sp³-hybridized carbons (Fsp3) is 1.00. The van der Waals surface area contributed by atoms with Crippen molar-refractivity contribution in [3.8, 4) is 0 Å². The molecule has 1 unspecified atom stereocenters. The lowest BCUT2D eigenvalue weighted by Crippen LogP contribution is -2.54. The molecular weight excluding hydrogens is 162 g/mol. The summed E-state index contributed by atoms with van der Waals surface area (Å²) in [6.07, 6.45) is 3.68. The number of hydrogen-bond acceptors (Lipinski definition) is 2. The normalized spacial score (nSPS) is 26.8. The summed E-state index contributed by atoms with van der Waals surface area (Å²) in [4.78, 5) is 2.43. The van der Waals surface area contributed by atoms with Crippen LogP contribution in [0.5, 0.6) is 0 Å². The summed E-state index contributed by atoms with van der Waals surface area (Å²) in [6.45, 7) is 9.43. The number of hydrogen-bond donors (Lipinski definition) is 1. The van der Waals surface area contributed by atoms with Crippen LogP contribution in [0, 0.1) is 0 Å². The van der Waals surface area contributed by atoms with Crippen molar-refractivity contribution in [2.75, 3.05) is 6.54 Å². The molecule has 1 rings (SSSR count). The van der Waals surface area contributed by atoms with Crippen molar-refractivity contribution in [2.45, 2.75) is 64.6 Å². The lowest BCUT2D eigenvalue weighted by Gasteiger charge is -2.44. The Kier molecular flexibility index (Phi) is 3.36. The van der Waals surface area contributed by atoms with Crippen molar-refractivity contribution in [1.82, 2.24) is 4.90 Å². The first-order valence-corrected chi connectivity index (χ1v) is 5.41. The Hall–Kier alpha value is -0.0800. The molecule has 0 aliphatic carbocycles. The molecule has 13 heavy (non-hydrogen) atoms. The van der Waals surface area contributed by atoms with Gasteiger partial charge in [-0.15, -0.1) is 0 Å². The zero-order valence-corrected chi connectivity index (χ0v) is 9.38. The molecule has 1 aliphatic rings. The summed E-state index contributed by atoms with van der Waals surface area (Å²) in [7, 11) is 0. The van der Waals surface area contributed by atoms with Gasteiger partial charge < -0.3 is 5.11 Å². The Morgan fingerprint density at radius 2 is 1.92 bits per heavy atom. The Labute approximate surface area is 81.9 Å². The second kappa shape index (κ2) is 3.97. The summed E-state index contributed by atoms with van der Waals surface area (Å²) < 4.78 is 0. The minimum absolute atomic E-state index is 0.348. The van der Waals surface area contributed by atoms with Gasteiger partial charge in [0.05, 0.1) is 5.60 Å². The summed E-state index contributed by atoms with van der Waals surface area (Å²) in [5.74, 6) is 0. The number of aliphatic hydroxyl groups is 1. The van der Waals surface area contributed by atoms with Crippen molar-refractivity contribution in [2.24, 2.45) is 0 Å². The fourth-order valence-electron chi connectivity index (χ4n) is 2.33. The lowest BCUT2D eigenvalue weighted by molar-refractivity contribution is -0.0481. The zero-order valence-electron chi connectivity index (χ0n) is 9.38. The SMILES string of the molecule is CC(C)N1CCCCC1C(C)(C)O. The maximum atomic E-state index is 10.0. The summed E-state index contributed by atoms with van der Waals surface area (Å²) in [5, 5.41) is 10.0. The Morgan fingerprint density at radius 3 is 2.31 bits per heavy atom. The molecule has 2 nitrogen and oxygen atoms in total. The van der Waals surface area contributed by atoms with Crippen molar-refractivity contribution in [1.29, 1.82) is 0 Å². The first-order valence-electron chi connectivity index (χ1n) is 5.41. The molecule has 1 saturated heterocycles. The van der Waals surface area contributed by atoms with Gasteiger partial charge in [0.1, 0.15) is 0 Å². The molecule has 0 saturated carbocycles. The van der Waals surface area contributed by atoms with Crippen LogP contribution in [0.15, 0.2) is 0 Å². The standard InChI is InChI=1S/C11H23NO/c1-9(2)12-8-6-5-7-10(12)11(3,4)13/h9-10,13H,5-8H2,1-4H3. The average molecular weight is 185 g/mol. The first kappa shape index (κ1) is 11.0. The molecular formula is C11H23NO. The van der Waals surface area contributed by atoms with Gasteiger partial charge in [-0.2, -0.15) is 0 Å². The Balaban J connectivity index is 2.67. The van der Waals surface area contributed by atoms with E-state index in [1.165, 1.54) is 12.8 Å². The maximum Gasteiger partial charge on any atom is 0.0746 e. The quantitative estimate of drug-likeness (QED) is 0.711. The molecule has 0 amide bonds. The molecule has 78 valence electrons. The summed E-state index contributed by atoms with van der Waals surface area (Å²) >= 11 is 0. The molecule has 0 radical (unpaired) electrons. The number of likely N-dealkylation sites (tertiary alicyclic amines) is 1. The molecule has 0 aromatic carbocycles. The van der Waals surface area contributed by atoms with Gasteiger partial charge >= 0.3 is 0 Å². The predicted octanol–water partition coefficient (Wildman–Crippen LogP) is 2.02. The van der Waals surface area contributed by atoms with E-state index in [1.807, 2.05) is 13.8 Å². The fourth-order valence-corrected chi connectivity index (χ4v) is 2.33. The number of nitrogens with zero attached hydrogens (tertiary/aromatic N) is 1. The third-order valence-corrected chi connectivity index (χ3v) is 3.02.